The van der Waals surface area contributed by atoms with E-state index in [4.69, 9.17) is 22.5 Å². The number of hydrogen-bond donors (Lipinski definition) is 2. The van der Waals surface area contributed by atoms with Crippen molar-refractivity contribution in [3.63, 3.8) is 0 Å². The Hall–Kier alpha value is -0.990. The minimum atomic E-state index is -4.18. The number of alkyl halides is 2. The molecule has 5 nitrogen and oxygen atoms in total. The second-order valence-corrected chi connectivity index (χ2v) is 4.48. The first-order valence-corrected chi connectivity index (χ1v) is 5.42. The number of rotatable bonds is 2. The van der Waals surface area contributed by atoms with E-state index in [0.29, 0.717) is 6.07 Å². The smallest absolute Gasteiger partial charge is 0.265 e. The summed E-state index contributed by atoms with van der Waals surface area (Å²) in [6.45, 7) is 0. The van der Waals surface area contributed by atoms with E-state index in [0.717, 1.165) is 0 Å². The Morgan fingerprint density at radius 1 is 1.47 bits per heavy atom. The van der Waals surface area contributed by atoms with E-state index >= 15 is 0 Å². The van der Waals surface area contributed by atoms with E-state index < -0.39 is 37.9 Å². The molecule has 4 N–H and O–H groups in total. The molecule has 0 amide bonds. The molecule has 1 heterocycles. The van der Waals surface area contributed by atoms with Gasteiger partial charge in [-0.05, 0) is 6.07 Å². The molecule has 84 valence electrons. The molecule has 0 unspecified atom stereocenters. The molecule has 0 spiro atoms. The molecule has 1 aromatic heterocycles. The molecule has 0 atom stereocenters. The van der Waals surface area contributed by atoms with Crippen LogP contribution in [0.5, 0.6) is 0 Å². The van der Waals surface area contributed by atoms with Gasteiger partial charge in [0.05, 0.1) is 5.02 Å². The van der Waals surface area contributed by atoms with Gasteiger partial charge in [-0.1, -0.05) is 11.6 Å². The Labute approximate surface area is 89.1 Å². The van der Waals surface area contributed by atoms with Crippen LogP contribution in [0.3, 0.4) is 0 Å². The van der Waals surface area contributed by atoms with Crippen LogP contribution in [-0.4, -0.2) is 13.4 Å². The zero-order chi connectivity index (χ0) is 11.8. The molecule has 0 aromatic carbocycles. The number of nitrogen functional groups attached to an aromatic ring is 1. The van der Waals surface area contributed by atoms with Crippen LogP contribution in [0.1, 0.15) is 12.0 Å². The zero-order valence-electron chi connectivity index (χ0n) is 7.12. The minimum absolute atomic E-state index is 0.475. The first-order valence-electron chi connectivity index (χ1n) is 3.50. The first kappa shape index (κ1) is 12.1. The van der Waals surface area contributed by atoms with Gasteiger partial charge in [0, 0.05) is 5.56 Å². The zero-order valence-corrected chi connectivity index (χ0v) is 8.69. The number of sulfonamides is 1. The van der Waals surface area contributed by atoms with E-state index in [9.17, 15) is 17.2 Å². The SMILES string of the molecule is Nc1nc(S(N)(=O)=O)cc(C(F)F)c1Cl. The second-order valence-electron chi connectivity index (χ2n) is 2.59. The molecule has 1 rings (SSSR count). The van der Waals surface area contributed by atoms with Crippen molar-refractivity contribution < 1.29 is 17.2 Å². The highest BCUT2D eigenvalue weighted by Crippen LogP contribution is 2.31. The van der Waals surface area contributed by atoms with Crippen molar-refractivity contribution >= 4 is 27.4 Å². The summed E-state index contributed by atoms with van der Waals surface area (Å²) in [5.74, 6) is -0.501. The van der Waals surface area contributed by atoms with Crippen LogP contribution >= 0.6 is 11.6 Å². The highest BCUT2D eigenvalue weighted by Gasteiger charge is 2.20. The molecule has 1 aromatic rings. The summed E-state index contributed by atoms with van der Waals surface area (Å²) in [6.07, 6.45) is -2.96. The van der Waals surface area contributed by atoms with E-state index in [1.54, 1.807) is 0 Å². The van der Waals surface area contributed by atoms with Crippen LogP contribution in [0.15, 0.2) is 11.1 Å². The average Bonchev–Trinajstić information content (AvgIpc) is 2.06. The summed E-state index contributed by atoms with van der Waals surface area (Å²) in [5.41, 5.74) is 4.44. The van der Waals surface area contributed by atoms with E-state index in [1.807, 2.05) is 0 Å². The summed E-state index contributed by atoms with van der Waals surface area (Å²) in [4.78, 5) is 3.29. The van der Waals surface area contributed by atoms with Gasteiger partial charge in [0.25, 0.3) is 16.4 Å². The molecule has 0 aliphatic carbocycles. The predicted octanol–water partition coefficient (Wildman–Crippen LogP) is 0.902. The summed E-state index contributed by atoms with van der Waals surface area (Å²) in [5, 5.41) is 3.50. The van der Waals surface area contributed by atoms with Crippen molar-refractivity contribution in [3.05, 3.63) is 16.7 Å². The van der Waals surface area contributed by atoms with Gasteiger partial charge in [-0.3, -0.25) is 0 Å². The van der Waals surface area contributed by atoms with Crippen molar-refractivity contribution in [2.24, 2.45) is 5.14 Å². The average molecular weight is 258 g/mol. The number of halogens is 3. The lowest BCUT2D eigenvalue weighted by molar-refractivity contribution is 0.151. The van der Waals surface area contributed by atoms with Gasteiger partial charge in [-0.25, -0.2) is 27.3 Å². The third-order valence-electron chi connectivity index (χ3n) is 1.51. The molecule has 0 aliphatic rings. The van der Waals surface area contributed by atoms with E-state index in [2.05, 4.69) is 4.98 Å². The molecule has 0 bridgehead atoms. The quantitative estimate of drug-likeness (QED) is 0.822. The summed E-state index contributed by atoms with van der Waals surface area (Å²) in [6, 6.07) is 0.596. The van der Waals surface area contributed by atoms with Gasteiger partial charge in [0.2, 0.25) is 0 Å². The van der Waals surface area contributed by atoms with Gasteiger partial charge in [0.1, 0.15) is 5.82 Å². The van der Waals surface area contributed by atoms with Gasteiger partial charge in [0.15, 0.2) is 5.03 Å². The fourth-order valence-electron chi connectivity index (χ4n) is 0.849. The van der Waals surface area contributed by atoms with Crippen LogP contribution in [0, 0.1) is 0 Å². The van der Waals surface area contributed by atoms with Crippen molar-refractivity contribution in [2.45, 2.75) is 11.5 Å². The summed E-state index contributed by atoms with van der Waals surface area (Å²) in [7, 11) is -4.18. The first-order chi connectivity index (χ1) is 6.73. The third-order valence-corrected chi connectivity index (χ3v) is 2.72. The Bertz CT molecular complexity index is 491. The molecular formula is C6H6ClF2N3O2S. The minimum Gasteiger partial charge on any atom is -0.382 e. The lowest BCUT2D eigenvalue weighted by Crippen LogP contribution is -2.15. The maximum atomic E-state index is 12.4. The largest absolute Gasteiger partial charge is 0.382 e. The van der Waals surface area contributed by atoms with Gasteiger partial charge in [-0.2, -0.15) is 0 Å². The second kappa shape index (κ2) is 3.87. The monoisotopic (exact) mass is 257 g/mol. The van der Waals surface area contributed by atoms with Crippen molar-refractivity contribution in [1.29, 1.82) is 0 Å². The predicted molar refractivity (Wildman–Crippen MR) is 50.0 cm³/mol. The topological polar surface area (TPSA) is 99.1 Å². The molecular weight excluding hydrogens is 252 g/mol. The van der Waals surface area contributed by atoms with Crippen molar-refractivity contribution in [3.8, 4) is 0 Å². The lowest BCUT2D eigenvalue weighted by Gasteiger charge is -2.07. The number of aromatic nitrogens is 1. The standard InChI is InChI=1S/C6H6ClF2N3O2S/c7-4-2(5(8)9)1-3(12-6(4)10)15(11,13)14/h1,5H,(H2,10,12)(H2,11,13,14). The molecule has 9 heteroatoms. The number of hydrogen-bond acceptors (Lipinski definition) is 4. The van der Waals surface area contributed by atoms with Crippen LogP contribution in [0.4, 0.5) is 14.6 Å². The summed E-state index contributed by atoms with van der Waals surface area (Å²) >= 11 is 5.41. The molecule has 0 saturated carbocycles. The number of nitrogens with two attached hydrogens (primary N) is 2. The molecule has 15 heavy (non-hydrogen) atoms. The van der Waals surface area contributed by atoms with Crippen LogP contribution < -0.4 is 10.9 Å². The van der Waals surface area contributed by atoms with Gasteiger partial charge in [-0.15, -0.1) is 0 Å². The number of pyridine rings is 1. The Kier molecular flexibility index (Phi) is 3.12. The molecule has 0 fully saturated rings. The van der Waals surface area contributed by atoms with Crippen LogP contribution in [-0.2, 0) is 10.0 Å². The fourth-order valence-corrected chi connectivity index (χ4v) is 1.54. The maximum absolute atomic E-state index is 12.4. The maximum Gasteiger partial charge on any atom is 0.265 e. The van der Waals surface area contributed by atoms with Gasteiger partial charge < -0.3 is 5.73 Å². The Balaban J connectivity index is 3.50. The third kappa shape index (κ3) is 2.52. The highest BCUT2D eigenvalue weighted by molar-refractivity contribution is 7.89. The van der Waals surface area contributed by atoms with Crippen LogP contribution in [0.2, 0.25) is 5.02 Å². The van der Waals surface area contributed by atoms with E-state index in [1.165, 1.54) is 0 Å². The van der Waals surface area contributed by atoms with Crippen molar-refractivity contribution in [2.75, 3.05) is 5.73 Å². The molecule has 0 radical (unpaired) electrons. The summed E-state index contributed by atoms with van der Waals surface area (Å²) < 4.78 is 46.4. The fraction of sp³-hybridized carbons (Fsp3) is 0.167. The lowest BCUT2D eigenvalue weighted by atomic mass is 10.3. The molecule has 0 aliphatic heterocycles. The van der Waals surface area contributed by atoms with Crippen LogP contribution in [0.25, 0.3) is 0 Å². The van der Waals surface area contributed by atoms with Crippen molar-refractivity contribution in [1.82, 2.24) is 4.98 Å². The number of nitrogens with zero attached hydrogens (tertiary/aromatic N) is 1. The highest BCUT2D eigenvalue weighted by atomic mass is 35.5. The van der Waals surface area contributed by atoms with Gasteiger partial charge >= 0.3 is 0 Å². The number of anilines is 1. The van der Waals surface area contributed by atoms with E-state index in [-0.39, 0.29) is 0 Å². The number of primary sulfonamides is 1. The molecule has 0 saturated heterocycles. The normalized spacial score (nSPS) is 12.1. The Morgan fingerprint density at radius 2 is 2.00 bits per heavy atom. The Morgan fingerprint density at radius 3 is 2.40 bits per heavy atom.